The highest BCUT2D eigenvalue weighted by atomic mass is 16.5. The maximum atomic E-state index is 12.7. The summed E-state index contributed by atoms with van der Waals surface area (Å²) in [6.07, 6.45) is 3.50. The summed E-state index contributed by atoms with van der Waals surface area (Å²) >= 11 is 0. The van der Waals surface area contributed by atoms with Crippen molar-refractivity contribution in [3.05, 3.63) is 0 Å². The molecule has 1 fully saturated rings. The summed E-state index contributed by atoms with van der Waals surface area (Å²) in [5, 5.41) is 2.92. The highest BCUT2D eigenvalue weighted by Crippen LogP contribution is 2.22. The maximum Gasteiger partial charge on any atom is 0.248 e. The number of amides is 2. The Morgan fingerprint density at radius 1 is 1.20 bits per heavy atom. The van der Waals surface area contributed by atoms with Crippen molar-refractivity contribution in [3.8, 4) is 0 Å². The minimum atomic E-state index is -0.710. The fourth-order valence-corrected chi connectivity index (χ4v) is 2.57. The molecule has 0 aromatic carbocycles. The summed E-state index contributed by atoms with van der Waals surface area (Å²) in [5.41, 5.74) is -0.710. The van der Waals surface area contributed by atoms with E-state index in [4.69, 9.17) is 4.74 Å². The molecule has 0 saturated carbocycles. The summed E-state index contributed by atoms with van der Waals surface area (Å²) in [7, 11) is 0. The molecule has 1 saturated heterocycles. The van der Waals surface area contributed by atoms with Crippen LogP contribution in [0.2, 0.25) is 0 Å². The predicted octanol–water partition coefficient (Wildman–Crippen LogP) is 1.71. The molecule has 116 valence electrons. The van der Waals surface area contributed by atoms with Gasteiger partial charge in [-0.05, 0) is 25.7 Å². The number of rotatable bonds is 8. The van der Waals surface area contributed by atoms with Gasteiger partial charge in [0.05, 0.1) is 0 Å². The lowest BCUT2D eigenvalue weighted by Gasteiger charge is -2.33. The van der Waals surface area contributed by atoms with Gasteiger partial charge in [-0.1, -0.05) is 20.8 Å². The molecule has 0 bridgehead atoms. The Bertz CT molecular complexity index is 327. The van der Waals surface area contributed by atoms with Gasteiger partial charge in [0.1, 0.15) is 5.54 Å². The van der Waals surface area contributed by atoms with Crippen LogP contribution in [0.25, 0.3) is 0 Å². The van der Waals surface area contributed by atoms with Gasteiger partial charge in [-0.25, -0.2) is 0 Å². The molecule has 0 aromatic heterocycles. The van der Waals surface area contributed by atoms with Gasteiger partial charge in [-0.15, -0.1) is 0 Å². The molecule has 0 aromatic rings. The fourth-order valence-electron chi connectivity index (χ4n) is 2.57. The van der Waals surface area contributed by atoms with Crippen LogP contribution in [0.3, 0.4) is 0 Å². The van der Waals surface area contributed by atoms with Gasteiger partial charge in [0.2, 0.25) is 11.8 Å². The van der Waals surface area contributed by atoms with E-state index in [0.29, 0.717) is 39.0 Å². The lowest BCUT2D eigenvalue weighted by molar-refractivity contribution is -0.139. The summed E-state index contributed by atoms with van der Waals surface area (Å²) in [4.78, 5) is 26.3. The van der Waals surface area contributed by atoms with Gasteiger partial charge in [0, 0.05) is 32.7 Å². The summed E-state index contributed by atoms with van der Waals surface area (Å²) in [5.74, 6) is 0.0376. The Morgan fingerprint density at radius 2 is 1.90 bits per heavy atom. The number of nitrogens with one attached hydrogen (secondary N) is 1. The average molecular weight is 284 g/mol. The number of nitrogens with zero attached hydrogens (tertiary/aromatic N) is 1. The molecule has 0 aliphatic carbocycles. The van der Waals surface area contributed by atoms with Crippen LogP contribution in [-0.4, -0.2) is 48.6 Å². The normalized spacial score (nSPS) is 18.9. The van der Waals surface area contributed by atoms with Crippen LogP contribution >= 0.6 is 0 Å². The van der Waals surface area contributed by atoms with E-state index in [0.717, 1.165) is 19.4 Å². The topological polar surface area (TPSA) is 58.6 Å². The van der Waals surface area contributed by atoms with Crippen LogP contribution in [0.15, 0.2) is 0 Å². The second-order valence-corrected chi connectivity index (χ2v) is 5.35. The van der Waals surface area contributed by atoms with Crippen LogP contribution in [0.4, 0.5) is 0 Å². The largest absolute Gasteiger partial charge is 0.381 e. The molecule has 5 nitrogen and oxygen atoms in total. The fraction of sp³-hybridized carbons (Fsp3) is 0.867. The molecule has 0 atom stereocenters. The maximum absolute atomic E-state index is 12.7. The first-order valence-electron chi connectivity index (χ1n) is 7.77. The Kier molecular flexibility index (Phi) is 6.99. The van der Waals surface area contributed by atoms with Gasteiger partial charge in [0.25, 0.3) is 0 Å². The zero-order valence-corrected chi connectivity index (χ0v) is 13.0. The van der Waals surface area contributed by atoms with Crippen LogP contribution in [0, 0.1) is 0 Å². The molecule has 0 unspecified atom stereocenters. The standard InChI is InChI=1S/C15H28N2O3/c1-4-11-20-12-7-9-17-10-8-13(18)16-15(5-2,6-3)14(17)19/h4-12H2,1-3H3,(H,16,18). The molecular weight excluding hydrogens is 256 g/mol. The van der Waals surface area contributed by atoms with Crippen LogP contribution in [0.1, 0.15) is 52.9 Å². The van der Waals surface area contributed by atoms with E-state index < -0.39 is 5.54 Å². The third kappa shape index (κ3) is 4.20. The molecule has 5 heteroatoms. The minimum absolute atomic E-state index is 0.0215. The van der Waals surface area contributed by atoms with Gasteiger partial charge in [-0.3, -0.25) is 9.59 Å². The second-order valence-electron chi connectivity index (χ2n) is 5.35. The predicted molar refractivity (Wildman–Crippen MR) is 78.4 cm³/mol. The van der Waals surface area contributed by atoms with Crippen LogP contribution < -0.4 is 5.32 Å². The molecule has 1 aliphatic heterocycles. The number of hydrogen-bond donors (Lipinski definition) is 1. The quantitative estimate of drug-likeness (QED) is 0.690. The second kappa shape index (κ2) is 8.25. The summed E-state index contributed by atoms with van der Waals surface area (Å²) in [6, 6.07) is 0. The van der Waals surface area contributed by atoms with E-state index in [9.17, 15) is 9.59 Å². The third-order valence-electron chi connectivity index (χ3n) is 3.96. The van der Waals surface area contributed by atoms with Gasteiger partial charge < -0.3 is 15.0 Å². The van der Waals surface area contributed by atoms with Crippen molar-refractivity contribution in [2.45, 2.75) is 58.4 Å². The monoisotopic (exact) mass is 284 g/mol. The van der Waals surface area contributed by atoms with Gasteiger partial charge >= 0.3 is 0 Å². The van der Waals surface area contributed by atoms with E-state index >= 15 is 0 Å². The molecule has 0 radical (unpaired) electrons. The van der Waals surface area contributed by atoms with E-state index in [1.165, 1.54) is 0 Å². The molecule has 1 N–H and O–H groups in total. The van der Waals surface area contributed by atoms with Crippen molar-refractivity contribution in [1.82, 2.24) is 10.2 Å². The number of carbonyl (C=O) groups is 2. The smallest absolute Gasteiger partial charge is 0.248 e. The molecule has 2 amide bonds. The Balaban J connectivity index is 2.61. The van der Waals surface area contributed by atoms with Crippen molar-refractivity contribution in [3.63, 3.8) is 0 Å². The zero-order valence-electron chi connectivity index (χ0n) is 13.0. The Hall–Kier alpha value is -1.10. The Morgan fingerprint density at radius 3 is 2.50 bits per heavy atom. The third-order valence-corrected chi connectivity index (χ3v) is 3.96. The molecule has 1 heterocycles. The number of ether oxygens (including phenoxy) is 1. The minimum Gasteiger partial charge on any atom is -0.381 e. The van der Waals surface area contributed by atoms with Crippen molar-refractivity contribution < 1.29 is 14.3 Å². The SMILES string of the molecule is CCCOCCCN1CCC(=O)NC(CC)(CC)C1=O. The van der Waals surface area contributed by atoms with Gasteiger partial charge in [-0.2, -0.15) is 0 Å². The lowest BCUT2D eigenvalue weighted by Crippen LogP contribution is -2.56. The van der Waals surface area contributed by atoms with Crippen LogP contribution in [0.5, 0.6) is 0 Å². The molecular formula is C15H28N2O3. The average Bonchev–Trinajstić information content (AvgIpc) is 2.58. The first-order valence-corrected chi connectivity index (χ1v) is 7.77. The first kappa shape index (κ1) is 17.0. The van der Waals surface area contributed by atoms with Crippen molar-refractivity contribution in [1.29, 1.82) is 0 Å². The number of carbonyl (C=O) groups excluding carboxylic acids is 2. The van der Waals surface area contributed by atoms with Crippen molar-refractivity contribution in [2.24, 2.45) is 0 Å². The lowest BCUT2D eigenvalue weighted by atomic mass is 9.91. The Labute approximate surface area is 122 Å². The number of hydrogen-bond acceptors (Lipinski definition) is 3. The van der Waals surface area contributed by atoms with E-state index in [1.54, 1.807) is 0 Å². The van der Waals surface area contributed by atoms with E-state index in [2.05, 4.69) is 12.2 Å². The molecule has 0 spiro atoms. The van der Waals surface area contributed by atoms with Crippen LogP contribution in [-0.2, 0) is 14.3 Å². The highest BCUT2D eigenvalue weighted by molar-refractivity contribution is 5.93. The van der Waals surface area contributed by atoms with E-state index in [-0.39, 0.29) is 11.8 Å². The van der Waals surface area contributed by atoms with Crippen molar-refractivity contribution in [2.75, 3.05) is 26.3 Å². The summed E-state index contributed by atoms with van der Waals surface area (Å²) < 4.78 is 5.45. The molecule has 20 heavy (non-hydrogen) atoms. The zero-order chi connectivity index (χ0) is 15.0. The van der Waals surface area contributed by atoms with Gasteiger partial charge in [0.15, 0.2) is 0 Å². The van der Waals surface area contributed by atoms with Crippen molar-refractivity contribution >= 4 is 11.8 Å². The van der Waals surface area contributed by atoms with E-state index in [1.807, 2.05) is 18.7 Å². The summed E-state index contributed by atoms with van der Waals surface area (Å²) in [6.45, 7) is 8.60. The highest BCUT2D eigenvalue weighted by Gasteiger charge is 2.41. The molecule has 1 rings (SSSR count). The molecule has 1 aliphatic rings. The first-order chi connectivity index (χ1) is 9.59.